The second-order valence-electron chi connectivity index (χ2n) is 4.10. The molecule has 79 valence electrons. The predicted octanol–water partition coefficient (Wildman–Crippen LogP) is 4.66. The first-order chi connectivity index (χ1) is 5.54. The van der Waals surface area contributed by atoms with Gasteiger partial charge in [-0.05, 0) is 11.8 Å². The Kier molecular flexibility index (Phi) is 20.0. The Morgan fingerprint density at radius 1 is 1.15 bits per heavy atom. The Morgan fingerprint density at radius 3 is 1.77 bits per heavy atom. The van der Waals surface area contributed by atoms with Gasteiger partial charge in [-0.3, -0.25) is 0 Å². The first-order valence-corrected chi connectivity index (χ1v) is 5.07. The van der Waals surface area contributed by atoms with Gasteiger partial charge in [0.05, 0.1) is 0 Å². The molecule has 0 aliphatic heterocycles. The molecule has 0 N–H and O–H groups in total. The molecule has 0 spiro atoms. The maximum atomic E-state index is 3.85. The van der Waals surface area contributed by atoms with Gasteiger partial charge < -0.3 is 13.3 Å². The average molecular weight is 309 g/mol. The number of rotatable bonds is 4. The van der Waals surface area contributed by atoms with Gasteiger partial charge in [-0.1, -0.05) is 33.6 Å². The SMILES string of the molecule is C[CH-]C.[CH2-]CCC(C)(C)CCC.[La]. The average Bonchev–Trinajstić information content (AvgIpc) is 1.88. The van der Waals surface area contributed by atoms with Gasteiger partial charge in [0, 0.05) is 35.6 Å². The van der Waals surface area contributed by atoms with Crippen molar-refractivity contribution < 1.29 is 35.6 Å². The van der Waals surface area contributed by atoms with Crippen LogP contribution in [0.1, 0.15) is 60.3 Å². The van der Waals surface area contributed by atoms with Crippen LogP contribution in [0.3, 0.4) is 0 Å². The summed E-state index contributed by atoms with van der Waals surface area (Å²) in [4.78, 5) is 0. The Balaban J connectivity index is -0.000000220. The second-order valence-corrected chi connectivity index (χ2v) is 4.10. The van der Waals surface area contributed by atoms with E-state index in [4.69, 9.17) is 0 Å². The van der Waals surface area contributed by atoms with Crippen molar-refractivity contribution in [3.8, 4) is 0 Å². The predicted molar refractivity (Wildman–Crippen MR) is 58.9 cm³/mol. The molecule has 0 aliphatic rings. The van der Waals surface area contributed by atoms with Crippen LogP contribution >= 0.6 is 0 Å². The van der Waals surface area contributed by atoms with Gasteiger partial charge >= 0.3 is 0 Å². The van der Waals surface area contributed by atoms with Gasteiger partial charge in [0.1, 0.15) is 0 Å². The Labute approximate surface area is 114 Å². The molecule has 0 aromatic rings. The standard InChI is InChI=1S/C9H19.C3H7.La/c1-5-7-9(3,4)8-6-2;1-3-2;/h1,5-8H2,2-4H3;3H,1-2H3;/q2*-1;. The van der Waals surface area contributed by atoms with Crippen molar-refractivity contribution in [3.05, 3.63) is 13.3 Å². The molecule has 0 saturated heterocycles. The largest absolute Gasteiger partial charge is 0.343 e. The first-order valence-electron chi connectivity index (χ1n) is 5.07. The van der Waals surface area contributed by atoms with Crippen LogP contribution in [0.5, 0.6) is 0 Å². The van der Waals surface area contributed by atoms with Gasteiger partial charge in [-0.2, -0.15) is 20.3 Å². The fourth-order valence-electron chi connectivity index (χ4n) is 1.28. The third kappa shape index (κ3) is 19.6. The molecule has 0 heterocycles. The Hall–Kier alpha value is 1.19. The van der Waals surface area contributed by atoms with E-state index < -0.39 is 0 Å². The molecule has 0 amide bonds. The molecule has 0 rings (SSSR count). The number of hydrogen-bond acceptors (Lipinski definition) is 0. The quantitative estimate of drug-likeness (QED) is 0.663. The van der Waals surface area contributed by atoms with Crippen molar-refractivity contribution in [1.29, 1.82) is 0 Å². The van der Waals surface area contributed by atoms with E-state index in [0.29, 0.717) is 5.41 Å². The maximum Gasteiger partial charge on any atom is 0 e. The zero-order chi connectivity index (χ0) is 10.0. The maximum absolute atomic E-state index is 3.85. The molecule has 1 radical (unpaired) electrons. The summed E-state index contributed by atoms with van der Waals surface area (Å²) in [6.07, 6.45) is 6.98. The van der Waals surface area contributed by atoms with Gasteiger partial charge in [0.15, 0.2) is 0 Å². The van der Waals surface area contributed by atoms with Crippen LogP contribution in [0.4, 0.5) is 0 Å². The molecule has 13 heavy (non-hydrogen) atoms. The summed E-state index contributed by atoms with van der Waals surface area (Å²) in [5.41, 5.74) is 0.538. The molecule has 0 aliphatic carbocycles. The van der Waals surface area contributed by atoms with Crippen molar-refractivity contribution >= 4 is 0 Å². The van der Waals surface area contributed by atoms with Gasteiger partial charge in [-0.15, -0.1) is 0 Å². The monoisotopic (exact) mass is 309 g/mol. The van der Waals surface area contributed by atoms with Crippen LogP contribution in [-0.2, 0) is 0 Å². The summed E-state index contributed by atoms with van der Waals surface area (Å²) in [6, 6.07) is 0. The fraction of sp³-hybridized carbons (Fsp3) is 0.833. The molecule has 1 heteroatoms. The first kappa shape index (κ1) is 19.7. The minimum atomic E-state index is 0. The number of hydrogen-bond donors (Lipinski definition) is 0. The molecule has 0 fully saturated rings. The van der Waals surface area contributed by atoms with E-state index >= 15 is 0 Å². The van der Waals surface area contributed by atoms with E-state index in [0.717, 1.165) is 6.42 Å². The molecule has 0 bridgehead atoms. The van der Waals surface area contributed by atoms with Crippen molar-refractivity contribution in [2.24, 2.45) is 5.41 Å². The molecule has 0 saturated carbocycles. The van der Waals surface area contributed by atoms with E-state index in [1.165, 1.54) is 19.3 Å². The van der Waals surface area contributed by atoms with Crippen LogP contribution in [-0.4, -0.2) is 0 Å². The zero-order valence-corrected chi connectivity index (χ0v) is 13.8. The summed E-state index contributed by atoms with van der Waals surface area (Å²) in [5, 5.41) is 0. The van der Waals surface area contributed by atoms with Crippen LogP contribution in [0, 0.1) is 54.4 Å². The van der Waals surface area contributed by atoms with Gasteiger partial charge in [0.25, 0.3) is 0 Å². The van der Waals surface area contributed by atoms with E-state index in [1.54, 1.807) is 0 Å². The summed E-state index contributed by atoms with van der Waals surface area (Å²) in [6.45, 7) is 14.7. The van der Waals surface area contributed by atoms with E-state index in [9.17, 15) is 0 Å². The Bertz CT molecular complexity index is 69.2. The molecule has 0 aromatic carbocycles. The van der Waals surface area contributed by atoms with Crippen LogP contribution in [0.25, 0.3) is 0 Å². The summed E-state index contributed by atoms with van der Waals surface area (Å²) >= 11 is 0. The summed E-state index contributed by atoms with van der Waals surface area (Å²) in [7, 11) is 0. The van der Waals surface area contributed by atoms with Crippen molar-refractivity contribution in [2.45, 2.75) is 60.3 Å². The Morgan fingerprint density at radius 2 is 1.54 bits per heavy atom. The summed E-state index contributed by atoms with van der Waals surface area (Å²) < 4.78 is 0. The van der Waals surface area contributed by atoms with Crippen LogP contribution < -0.4 is 0 Å². The van der Waals surface area contributed by atoms with Crippen molar-refractivity contribution in [1.82, 2.24) is 0 Å². The summed E-state index contributed by atoms with van der Waals surface area (Å²) in [5.74, 6) is 0. The minimum absolute atomic E-state index is 0. The van der Waals surface area contributed by atoms with Crippen LogP contribution in [0.2, 0.25) is 0 Å². The van der Waals surface area contributed by atoms with Crippen molar-refractivity contribution in [3.63, 3.8) is 0 Å². The second kappa shape index (κ2) is 13.2. The fourth-order valence-corrected chi connectivity index (χ4v) is 1.28. The van der Waals surface area contributed by atoms with E-state index in [2.05, 4.69) is 27.7 Å². The third-order valence-electron chi connectivity index (χ3n) is 1.78. The van der Waals surface area contributed by atoms with E-state index in [-0.39, 0.29) is 35.6 Å². The molecule has 0 unspecified atom stereocenters. The normalized spacial score (nSPS) is 9.69. The zero-order valence-electron chi connectivity index (χ0n) is 10.2. The smallest absolute Gasteiger partial charge is 0 e. The van der Waals surface area contributed by atoms with E-state index in [1.807, 2.05) is 20.3 Å². The van der Waals surface area contributed by atoms with Crippen LogP contribution in [0.15, 0.2) is 0 Å². The molecule has 0 nitrogen and oxygen atoms in total. The van der Waals surface area contributed by atoms with Gasteiger partial charge in [0.2, 0.25) is 0 Å². The third-order valence-corrected chi connectivity index (χ3v) is 1.78. The molecule has 0 atom stereocenters. The van der Waals surface area contributed by atoms with Gasteiger partial charge in [-0.25, -0.2) is 0 Å². The molecule has 0 aromatic heterocycles. The molecular formula is C12H26La-2. The van der Waals surface area contributed by atoms with Crippen molar-refractivity contribution in [2.75, 3.05) is 0 Å². The minimum Gasteiger partial charge on any atom is -0.343 e. The molecular weight excluding hydrogens is 283 g/mol. The topological polar surface area (TPSA) is 0 Å².